The van der Waals surface area contributed by atoms with E-state index < -0.39 is 0 Å². The molecule has 4 N–H and O–H groups in total. The zero-order valence-corrected chi connectivity index (χ0v) is 12.1. The number of benzene rings is 1. The lowest BCUT2D eigenvalue weighted by molar-refractivity contribution is 0.0886. The van der Waals surface area contributed by atoms with Crippen molar-refractivity contribution in [1.82, 2.24) is 10.3 Å². The number of hydrazine groups is 1. The van der Waals surface area contributed by atoms with Crippen molar-refractivity contribution in [3.05, 3.63) is 36.0 Å². The fraction of sp³-hybridized carbons (Fsp3) is 0.375. The first kappa shape index (κ1) is 13.8. The summed E-state index contributed by atoms with van der Waals surface area (Å²) in [7, 11) is 0. The van der Waals surface area contributed by atoms with Crippen LogP contribution in [0.5, 0.6) is 0 Å². The molecular weight excluding hydrogens is 264 g/mol. The molecule has 5 heteroatoms. The van der Waals surface area contributed by atoms with Gasteiger partial charge in [-0.3, -0.25) is 10.6 Å². The largest absolute Gasteiger partial charge is 0.350 e. The molecule has 1 saturated carbocycles. The Bertz CT molecular complexity index is 679. The zero-order chi connectivity index (χ0) is 14.9. The minimum absolute atomic E-state index is 0.148. The Kier molecular flexibility index (Phi) is 3.51. The summed E-state index contributed by atoms with van der Waals surface area (Å²) < 4.78 is 0. The number of hydrogen-bond donors (Lipinski definition) is 3. The van der Waals surface area contributed by atoms with Crippen LogP contribution >= 0.6 is 0 Å². The van der Waals surface area contributed by atoms with Crippen LogP contribution in [-0.4, -0.2) is 17.4 Å². The number of fused-ring (bicyclic) bond motifs is 1. The number of pyridine rings is 1. The average Bonchev–Trinajstić information content (AvgIpc) is 2.49. The third kappa shape index (κ3) is 2.69. The van der Waals surface area contributed by atoms with E-state index >= 15 is 0 Å². The first-order chi connectivity index (χ1) is 10.1. The number of nitrogens with zero attached hydrogens (tertiary/aromatic N) is 1. The van der Waals surface area contributed by atoms with Gasteiger partial charge in [0, 0.05) is 11.9 Å². The van der Waals surface area contributed by atoms with Crippen LogP contribution in [-0.2, 0) is 0 Å². The summed E-state index contributed by atoms with van der Waals surface area (Å²) in [4.78, 5) is 16.7. The van der Waals surface area contributed by atoms with Crippen LogP contribution in [0.4, 0.5) is 5.69 Å². The maximum absolute atomic E-state index is 12.3. The van der Waals surface area contributed by atoms with Gasteiger partial charge in [0.25, 0.3) is 5.91 Å². The van der Waals surface area contributed by atoms with E-state index in [1.54, 1.807) is 6.07 Å². The number of aromatic nitrogens is 1. The number of carbonyl (C=O) groups excluding carboxylic acids is 1. The molecule has 0 radical (unpaired) electrons. The van der Waals surface area contributed by atoms with Crippen LogP contribution in [0, 0.1) is 5.41 Å². The van der Waals surface area contributed by atoms with Gasteiger partial charge >= 0.3 is 0 Å². The van der Waals surface area contributed by atoms with Crippen molar-refractivity contribution in [3.63, 3.8) is 0 Å². The van der Waals surface area contributed by atoms with E-state index in [0.29, 0.717) is 17.9 Å². The first-order valence-electron chi connectivity index (χ1n) is 7.26. The third-order valence-corrected chi connectivity index (χ3v) is 4.34. The molecule has 1 aromatic heterocycles. The lowest BCUT2D eigenvalue weighted by Gasteiger charge is -2.38. The van der Waals surface area contributed by atoms with Crippen LogP contribution in [0.2, 0.25) is 0 Å². The molecule has 2 aromatic rings. The SMILES string of the molecule is CC1(CNC(=O)c2cc(NN)c3ccccc3n2)CCC1. The Balaban J connectivity index is 1.84. The van der Waals surface area contributed by atoms with Crippen LogP contribution in [0.25, 0.3) is 10.9 Å². The molecule has 110 valence electrons. The molecule has 1 aliphatic rings. The second-order valence-corrected chi connectivity index (χ2v) is 6.06. The highest BCUT2D eigenvalue weighted by Crippen LogP contribution is 2.39. The molecule has 1 heterocycles. The molecule has 21 heavy (non-hydrogen) atoms. The van der Waals surface area contributed by atoms with Gasteiger partial charge in [0.05, 0.1) is 11.2 Å². The van der Waals surface area contributed by atoms with Crippen molar-refractivity contribution in [2.75, 3.05) is 12.0 Å². The van der Waals surface area contributed by atoms with Crippen LogP contribution in [0.15, 0.2) is 30.3 Å². The standard InChI is InChI=1S/C16H20N4O/c1-16(7-4-8-16)10-18-15(21)14-9-13(20-17)11-5-2-3-6-12(11)19-14/h2-3,5-6,9H,4,7-8,10,17H2,1H3,(H,18,21)(H,19,20). The Labute approximate surface area is 123 Å². The third-order valence-electron chi connectivity index (χ3n) is 4.34. The molecule has 5 nitrogen and oxygen atoms in total. The number of nitrogens with two attached hydrogens (primary N) is 1. The molecule has 0 unspecified atom stereocenters. The molecule has 3 rings (SSSR count). The maximum Gasteiger partial charge on any atom is 0.270 e. The molecular formula is C16H20N4O. The topological polar surface area (TPSA) is 80.0 Å². The van der Waals surface area contributed by atoms with E-state index in [0.717, 1.165) is 10.9 Å². The summed E-state index contributed by atoms with van der Waals surface area (Å²) in [5, 5.41) is 3.89. The first-order valence-corrected chi connectivity index (χ1v) is 7.26. The Morgan fingerprint density at radius 3 is 2.81 bits per heavy atom. The van der Waals surface area contributed by atoms with Gasteiger partial charge in [0.2, 0.25) is 0 Å². The van der Waals surface area contributed by atoms with E-state index in [2.05, 4.69) is 22.7 Å². The van der Waals surface area contributed by atoms with E-state index in [1.807, 2.05) is 24.3 Å². The number of anilines is 1. The monoisotopic (exact) mass is 284 g/mol. The van der Waals surface area contributed by atoms with Crippen LogP contribution in [0.3, 0.4) is 0 Å². The Morgan fingerprint density at radius 1 is 1.38 bits per heavy atom. The summed E-state index contributed by atoms with van der Waals surface area (Å²) in [5.74, 6) is 5.40. The average molecular weight is 284 g/mol. The van der Waals surface area contributed by atoms with Gasteiger partial charge in [-0.05, 0) is 30.4 Å². The van der Waals surface area contributed by atoms with Gasteiger partial charge in [-0.15, -0.1) is 0 Å². The van der Waals surface area contributed by atoms with Crippen molar-refractivity contribution < 1.29 is 4.79 Å². The molecule has 0 bridgehead atoms. The summed E-state index contributed by atoms with van der Waals surface area (Å²) >= 11 is 0. The molecule has 0 spiro atoms. The van der Waals surface area contributed by atoms with E-state index in [-0.39, 0.29) is 11.3 Å². The molecule has 0 aliphatic heterocycles. The van der Waals surface area contributed by atoms with E-state index in [1.165, 1.54) is 19.3 Å². The summed E-state index contributed by atoms with van der Waals surface area (Å²) in [6, 6.07) is 9.31. The number of rotatable bonds is 4. The predicted molar refractivity (Wildman–Crippen MR) is 83.8 cm³/mol. The summed E-state index contributed by atoms with van der Waals surface area (Å²) in [6.45, 7) is 2.91. The van der Waals surface area contributed by atoms with Gasteiger partial charge < -0.3 is 10.7 Å². The Morgan fingerprint density at radius 2 is 2.14 bits per heavy atom. The fourth-order valence-corrected chi connectivity index (χ4v) is 2.75. The van der Waals surface area contributed by atoms with Crippen LogP contribution < -0.4 is 16.6 Å². The molecule has 0 saturated heterocycles. The Hall–Kier alpha value is -2.14. The fourth-order valence-electron chi connectivity index (χ4n) is 2.75. The van der Waals surface area contributed by atoms with Crippen molar-refractivity contribution in [2.45, 2.75) is 26.2 Å². The van der Waals surface area contributed by atoms with Gasteiger partial charge in [0.1, 0.15) is 5.69 Å². The van der Waals surface area contributed by atoms with E-state index in [9.17, 15) is 4.79 Å². The predicted octanol–water partition coefficient (Wildman–Crippen LogP) is 2.44. The number of para-hydroxylation sites is 1. The summed E-state index contributed by atoms with van der Waals surface area (Å²) in [6.07, 6.45) is 3.60. The van der Waals surface area contributed by atoms with Crippen molar-refractivity contribution in [2.24, 2.45) is 11.3 Å². The number of nitrogens with one attached hydrogen (secondary N) is 2. The maximum atomic E-state index is 12.3. The van der Waals surface area contributed by atoms with E-state index in [4.69, 9.17) is 5.84 Å². The van der Waals surface area contributed by atoms with Crippen molar-refractivity contribution in [3.8, 4) is 0 Å². The molecule has 0 atom stereocenters. The number of carbonyl (C=O) groups is 1. The normalized spacial score (nSPS) is 16.3. The molecule has 1 aromatic carbocycles. The highest BCUT2D eigenvalue weighted by Gasteiger charge is 2.32. The number of nitrogen functional groups attached to an aromatic ring is 1. The minimum Gasteiger partial charge on any atom is -0.350 e. The summed E-state index contributed by atoms with van der Waals surface area (Å²) in [5.41, 5.74) is 4.75. The lowest BCUT2D eigenvalue weighted by Crippen LogP contribution is -2.40. The highest BCUT2D eigenvalue weighted by atomic mass is 16.1. The number of hydrogen-bond acceptors (Lipinski definition) is 4. The molecule has 1 aliphatic carbocycles. The quantitative estimate of drug-likeness (QED) is 0.595. The van der Waals surface area contributed by atoms with Gasteiger partial charge in [-0.1, -0.05) is 31.5 Å². The molecule has 1 fully saturated rings. The smallest absolute Gasteiger partial charge is 0.270 e. The van der Waals surface area contributed by atoms with Crippen molar-refractivity contribution in [1.29, 1.82) is 0 Å². The van der Waals surface area contributed by atoms with Gasteiger partial charge in [0.15, 0.2) is 0 Å². The van der Waals surface area contributed by atoms with Gasteiger partial charge in [-0.2, -0.15) is 0 Å². The second-order valence-electron chi connectivity index (χ2n) is 6.06. The highest BCUT2D eigenvalue weighted by molar-refractivity contribution is 5.99. The zero-order valence-electron chi connectivity index (χ0n) is 12.1. The second kappa shape index (κ2) is 5.33. The van der Waals surface area contributed by atoms with Gasteiger partial charge in [-0.25, -0.2) is 4.98 Å². The van der Waals surface area contributed by atoms with Crippen molar-refractivity contribution >= 4 is 22.5 Å². The number of amides is 1. The molecule has 1 amide bonds. The lowest BCUT2D eigenvalue weighted by atomic mass is 9.70. The van der Waals surface area contributed by atoms with Crippen LogP contribution in [0.1, 0.15) is 36.7 Å². The minimum atomic E-state index is -0.148.